The first-order valence-corrected chi connectivity index (χ1v) is 8.57. The van der Waals surface area contributed by atoms with E-state index in [1.807, 2.05) is 43.5 Å². The molecule has 0 atom stereocenters. The summed E-state index contributed by atoms with van der Waals surface area (Å²) in [7, 11) is 0. The maximum atomic E-state index is 12.4. The van der Waals surface area contributed by atoms with Crippen molar-refractivity contribution in [3.63, 3.8) is 0 Å². The van der Waals surface area contributed by atoms with Crippen molar-refractivity contribution in [2.75, 3.05) is 25.0 Å². The molecule has 24 heavy (non-hydrogen) atoms. The minimum absolute atomic E-state index is 0.0819. The van der Waals surface area contributed by atoms with Crippen LogP contribution in [-0.4, -0.2) is 40.4 Å². The number of piperidine rings is 1. The maximum Gasteiger partial charge on any atom is 0.228 e. The van der Waals surface area contributed by atoms with Crippen LogP contribution in [0, 0.1) is 12.8 Å². The summed E-state index contributed by atoms with van der Waals surface area (Å²) >= 11 is 0. The zero-order chi connectivity index (χ0) is 16.8. The number of rotatable bonds is 5. The van der Waals surface area contributed by atoms with Crippen LogP contribution >= 0.6 is 0 Å². The molecule has 0 aliphatic carbocycles. The first kappa shape index (κ1) is 16.6. The Labute approximate surface area is 143 Å². The van der Waals surface area contributed by atoms with Crippen LogP contribution in [-0.2, 0) is 11.2 Å². The number of anilines is 1. The van der Waals surface area contributed by atoms with Crippen LogP contribution in [0.3, 0.4) is 0 Å². The number of likely N-dealkylation sites (tertiary alicyclic amines) is 1. The molecular formula is C19H24N4O. The minimum atomic E-state index is 0.0819. The molecule has 1 fully saturated rings. The van der Waals surface area contributed by atoms with Gasteiger partial charge < -0.3 is 10.2 Å². The quantitative estimate of drug-likeness (QED) is 0.919. The zero-order valence-corrected chi connectivity index (χ0v) is 14.1. The fourth-order valence-electron chi connectivity index (χ4n) is 3.08. The zero-order valence-electron chi connectivity index (χ0n) is 14.1. The number of pyridine rings is 2. The van der Waals surface area contributed by atoms with E-state index in [-0.39, 0.29) is 11.8 Å². The van der Waals surface area contributed by atoms with Crippen LogP contribution in [0.4, 0.5) is 5.82 Å². The van der Waals surface area contributed by atoms with Crippen molar-refractivity contribution in [2.45, 2.75) is 26.2 Å². The molecule has 5 heteroatoms. The Hall–Kier alpha value is -2.27. The van der Waals surface area contributed by atoms with Gasteiger partial charge in [0.2, 0.25) is 5.91 Å². The van der Waals surface area contributed by atoms with E-state index in [1.165, 1.54) is 0 Å². The third-order valence-electron chi connectivity index (χ3n) is 4.51. The van der Waals surface area contributed by atoms with Crippen LogP contribution in [0.15, 0.2) is 42.6 Å². The largest absolute Gasteiger partial charge is 0.310 e. The maximum absolute atomic E-state index is 12.4. The van der Waals surface area contributed by atoms with Gasteiger partial charge in [0.25, 0.3) is 0 Å². The number of nitrogens with one attached hydrogen (secondary N) is 1. The van der Waals surface area contributed by atoms with E-state index >= 15 is 0 Å². The molecule has 1 aliphatic rings. The Balaban J connectivity index is 1.43. The van der Waals surface area contributed by atoms with Crippen molar-refractivity contribution >= 4 is 11.7 Å². The van der Waals surface area contributed by atoms with Crippen LogP contribution < -0.4 is 5.32 Å². The summed E-state index contributed by atoms with van der Waals surface area (Å²) in [5.74, 6) is 0.827. The van der Waals surface area contributed by atoms with Gasteiger partial charge in [-0.15, -0.1) is 0 Å². The van der Waals surface area contributed by atoms with Crippen LogP contribution in [0.1, 0.15) is 24.2 Å². The number of hydrogen-bond donors (Lipinski definition) is 1. The van der Waals surface area contributed by atoms with Gasteiger partial charge in [0.05, 0.1) is 0 Å². The molecule has 3 heterocycles. The smallest absolute Gasteiger partial charge is 0.228 e. The number of aryl methyl sites for hydroxylation is 1. The highest BCUT2D eigenvalue weighted by Gasteiger charge is 2.25. The lowest BCUT2D eigenvalue weighted by Crippen LogP contribution is -2.39. The Morgan fingerprint density at radius 1 is 1.21 bits per heavy atom. The average Bonchev–Trinajstić information content (AvgIpc) is 2.61. The van der Waals surface area contributed by atoms with E-state index in [0.29, 0.717) is 5.82 Å². The monoisotopic (exact) mass is 324 g/mol. The fraction of sp³-hybridized carbons (Fsp3) is 0.421. The number of hydrogen-bond acceptors (Lipinski definition) is 4. The molecule has 0 radical (unpaired) electrons. The molecule has 0 unspecified atom stereocenters. The molecule has 0 aromatic carbocycles. The summed E-state index contributed by atoms with van der Waals surface area (Å²) in [6.07, 6.45) is 4.61. The van der Waals surface area contributed by atoms with Gasteiger partial charge >= 0.3 is 0 Å². The van der Waals surface area contributed by atoms with E-state index in [2.05, 4.69) is 26.3 Å². The van der Waals surface area contributed by atoms with E-state index in [0.717, 1.165) is 50.3 Å². The van der Waals surface area contributed by atoms with Crippen LogP contribution in [0.2, 0.25) is 0 Å². The Kier molecular flexibility index (Phi) is 5.54. The number of carbonyl (C=O) groups is 1. The lowest BCUT2D eigenvalue weighted by molar-refractivity contribution is -0.121. The lowest BCUT2D eigenvalue weighted by atomic mass is 9.95. The van der Waals surface area contributed by atoms with Crippen LogP contribution in [0.5, 0.6) is 0 Å². The van der Waals surface area contributed by atoms with E-state index < -0.39 is 0 Å². The molecule has 1 aliphatic heterocycles. The SMILES string of the molecule is Cc1cccc(NC(=O)C2CCN(CCc3ccccn3)CC2)n1. The standard InChI is InChI=1S/C19H24N4O/c1-15-5-4-7-18(21-15)22-19(24)16-8-12-23(13-9-16)14-10-17-6-2-3-11-20-17/h2-7,11,16H,8-10,12-14H2,1H3,(H,21,22,24). The molecule has 0 saturated carbocycles. The third-order valence-corrected chi connectivity index (χ3v) is 4.51. The number of amides is 1. The minimum Gasteiger partial charge on any atom is -0.310 e. The summed E-state index contributed by atoms with van der Waals surface area (Å²) < 4.78 is 0. The molecule has 1 N–H and O–H groups in total. The predicted octanol–water partition coefficient (Wildman–Crippen LogP) is 2.68. The van der Waals surface area contributed by atoms with Crippen molar-refractivity contribution in [2.24, 2.45) is 5.92 Å². The van der Waals surface area contributed by atoms with Crippen molar-refractivity contribution < 1.29 is 4.79 Å². The van der Waals surface area contributed by atoms with Gasteiger partial charge in [-0.3, -0.25) is 9.78 Å². The van der Waals surface area contributed by atoms with Gasteiger partial charge in [-0.25, -0.2) is 4.98 Å². The van der Waals surface area contributed by atoms with E-state index in [1.54, 1.807) is 0 Å². The lowest BCUT2D eigenvalue weighted by Gasteiger charge is -2.31. The molecule has 2 aromatic rings. The van der Waals surface area contributed by atoms with Gasteiger partial charge in [0, 0.05) is 36.5 Å². The molecule has 126 valence electrons. The van der Waals surface area contributed by atoms with Gasteiger partial charge in [0.15, 0.2) is 0 Å². The molecular weight excluding hydrogens is 300 g/mol. The molecule has 2 aromatic heterocycles. The second kappa shape index (κ2) is 8.02. The van der Waals surface area contributed by atoms with E-state index in [4.69, 9.17) is 0 Å². The van der Waals surface area contributed by atoms with E-state index in [9.17, 15) is 4.79 Å². The molecule has 0 bridgehead atoms. The third kappa shape index (κ3) is 4.61. The second-order valence-electron chi connectivity index (χ2n) is 6.34. The predicted molar refractivity (Wildman–Crippen MR) is 94.7 cm³/mol. The number of carbonyl (C=O) groups excluding carboxylic acids is 1. The van der Waals surface area contributed by atoms with Gasteiger partial charge in [-0.05, 0) is 57.1 Å². The average molecular weight is 324 g/mol. The van der Waals surface area contributed by atoms with Crippen molar-refractivity contribution in [3.8, 4) is 0 Å². The Morgan fingerprint density at radius 2 is 2.04 bits per heavy atom. The Bertz CT molecular complexity index is 666. The number of nitrogens with zero attached hydrogens (tertiary/aromatic N) is 3. The molecule has 1 amide bonds. The highest BCUT2D eigenvalue weighted by Crippen LogP contribution is 2.19. The molecule has 1 saturated heterocycles. The summed E-state index contributed by atoms with van der Waals surface area (Å²) in [6, 6.07) is 11.7. The van der Waals surface area contributed by atoms with Crippen molar-refractivity contribution in [1.82, 2.24) is 14.9 Å². The first-order chi connectivity index (χ1) is 11.7. The van der Waals surface area contributed by atoms with Crippen molar-refractivity contribution in [3.05, 3.63) is 54.0 Å². The highest BCUT2D eigenvalue weighted by atomic mass is 16.1. The normalized spacial score (nSPS) is 16.0. The van der Waals surface area contributed by atoms with Gasteiger partial charge in [0.1, 0.15) is 5.82 Å². The van der Waals surface area contributed by atoms with Crippen molar-refractivity contribution in [1.29, 1.82) is 0 Å². The molecule has 5 nitrogen and oxygen atoms in total. The van der Waals surface area contributed by atoms with Gasteiger partial charge in [-0.2, -0.15) is 0 Å². The highest BCUT2D eigenvalue weighted by molar-refractivity contribution is 5.91. The first-order valence-electron chi connectivity index (χ1n) is 8.57. The summed E-state index contributed by atoms with van der Waals surface area (Å²) in [5, 5.41) is 2.95. The summed E-state index contributed by atoms with van der Waals surface area (Å²) in [4.78, 5) is 23.5. The van der Waals surface area contributed by atoms with Crippen LogP contribution in [0.25, 0.3) is 0 Å². The fourth-order valence-corrected chi connectivity index (χ4v) is 3.08. The second-order valence-corrected chi connectivity index (χ2v) is 6.34. The molecule has 3 rings (SSSR count). The van der Waals surface area contributed by atoms with Gasteiger partial charge in [-0.1, -0.05) is 12.1 Å². The molecule has 0 spiro atoms. The topological polar surface area (TPSA) is 58.1 Å². The summed E-state index contributed by atoms with van der Waals surface area (Å²) in [6.45, 7) is 4.86. The summed E-state index contributed by atoms with van der Waals surface area (Å²) in [5.41, 5.74) is 2.04. The Morgan fingerprint density at radius 3 is 2.75 bits per heavy atom. The number of aromatic nitrogens is 2.